The molecule has 0 N–H and O–H groups in total. The number of ether oxygens (including phenoxy) is 1. The normalized spacial score (nSPS) is 12.2. The molecule has 0 aliphatic heterocycles. The van der Waals surface area contributed by atoms with Crippen LogP contribution in [0.3, 0.4) is 0 Å². The Morgan fingerprint density at radius 2 is 1.88 bits per heavy atom. The first-order chi connectivity index (χ1) is 12.3. The van der Waals surface area contributed by atoms with E-state index in [-0.39, 0.29) is 5.82 Å². The van der Waals surface area contributed by atoms with Gasteiger partial charge in [0.05, 0.1) is 25.1 Å². The Bertz CT molecular complexity index is 898. The van der Waals surface area contributed by atoms with Crippen LogP contribution in [0.4, 0.5) is 4.39 Å². The van der Waals surface area contributed by atoms with Crippen LogP contribution in [0.5, 0.6) is 0 Å². The van der Waals surface area contributed by atoms with Gasteiger partial charge in [0.25, 0.3) is 0 Å². The Kier molecular flexibility index (Phi) is 5.87. The number of hydrogen-bond acceptors (Lipinski definition) is 4. The van der Waals surface area contributed by atoms with E-state index >= 15 is 0 Å². The van der Waals surface area contributed by atoms with Gasteiger partial charge in [-0.3, -0.25) is 4.99 Å². The molecule has 25 heavy (non-hydrogen) atoms. The van der Waals surface area contributed by atoms with Crippen molar-refractivity contribution in [3.63, 3.8) is 0 Å². The summed E-state index contributed by atoms with van der Waals surface area (Å²) in [5.74, 6) is -0.261. The highest BCUT2D eigenvalue weighted by atomic mass is 32.1. The lowest BCUT2D eigenvalue weighted by atomic mass is 10.2. The van der Waals surface area contributed by atoms with Crippen LogP contribution in [0.2, 0.25) is 0 Å². The average Bonchev–Trinajstić information content (AvgIpc) is 3.04. The Hall–Kier alpha value is -2.57. The third kappa shape index (κ3) is 4.49. The first-order valence-corrected chi connectivity index (χ1v) is 8.71. The lowest BCUT2D eigenvalue weighted by Crippen LogP contribution is -2.13. The van der Waals surface area contributed by atoms with E-state index in [0.717, 1.165) is 21.6 Å². The molecule has 0 aliphatic carbocycles. The van der Waals surface area contributed by atoms with Crippen molar-refractivity contribution in [1.29, 1.82) is 0 Å². The van der Waals surface area contributed by atoms with Crippen molar-refractivity contribution >= 4 is 17.6 Å². The fourth-order valence-electron chi connectivity index (χ4n) is 2.23. The van der Waals surface area contributed by atoms with E-state index in [1.165, 1.54) is 23.5 Å². The molecule has 0 radical (unpaired) electrons. The molecule has 0 unspecified atom stereocenters. The Balaban J connectivity index is 2.02. The molecule has 0 aliphatic rings. The Morgan fingerprint density at radius 1 is 1.12 bits per heavy atom. The third-order valence-electron chi connectivity index (χ3n) is 3.49. The summed E-state index contributed by atoms with van der Waals surface area (Å²) in [6.07, 6.45) is 1.79. The van der Waals surface area contributed by atoms with Crippen molar-refractivity contribution in [2.75, 3.05) is 20.3 Å². The minimum absolute atomic E-state index is 0.261. The number of nitrogens with zero attached hydrogens (tertiary/aromatic N) is 3. The van der Waals surface area contributed by atoms with Gasteiger partial charge in [-0.1, -0.05) is 30.3 Å². The van der Waals surface area contributed by atoms with Crippen LogP contribution < -0.4 is 4.80 Å². The first kappa shape index (κ1) is 17.3. The molecule has 128 valence electrons. The average molecular weight is 355 g/mol. The molecule has 0 fully saturated rings. The van der Waals surface area contributed by atoms with Crippen LogP contribution in [0.1, 0.15) is 5.56 Å². The van der Waals surface area contributed by atoms with Gasteiger partial charge in [-0.25, -0.2) is 9.07 Å². The quantitative estimate of drug-likeness (QED) is 0.490. The van der Waals surface area contributed by atoms with Crippen molar-refractivity contribution in [2.24, 2.45) is 10.1 Å². The number of methoxy groups -OCH3 is 1. The fourth-order valence-corrected chi connectivity index (χ4v) is 3.10. The SMILES string of the molecule is COCCN=c1scc(-c2ccc(F)cc2)n1/N=C\c1ccccc1. The van der Waals surface area contributed by atoms with Gasteiger partial charge in [-0.2, -0.15) is 5.10 Å². The van der Waals surface area contributed by atoms with E-state index in [2.05, 4.69) is 10.1 Å². The highest BCUT2D eigenvalue weighted by Gasteiger charge is 2.07. The number of benzene rings is 2. The van der Waals surface area contributed by atoms with Gasteiger partial charge in [0.1, 0.15) is 5.82 Å². The van der Waals surface area contributed by atoms with Gasteiger partial charge in [0, 0.05) is 18.1 Å². The smallest absolute Gasteiger partial charge is 0.206 e. The van der Waals surface area contributed by atoms with Crippen molar-refractivity contribution in [1.82, 2.24) is 4.68 Å². The molecule has 0 spiro atoms. The number of hydrogen-bond donors (Lipinski definition) is 0. The molecule has 0 saturated carbocycles. The van der Waals surface area contributed by atoms with Gasteiger partial charge in [-0.05, 0) is 29.8 Å². The number of aromatic nitrogens is 1. The second-order valence-electron chi connectivity index (χ2n) is 5.25. The molecular formula is C19H18FN3OS. The minimum Gasteiger partial charge on any atom is -0.383 e. The summed E-state index contributed by atoms with van der Waals surface area (Å²) in [5, 5.41) is 6.56. The summed E-state index contributed by atoms with van der Waals surface area (Å²) in [6.45, 7) is 1.10. The van der Waals surface area contributed by atoms with E-state index < -0.39 is 0 Å². The molecule has 0 bridgehead atoms. The van der Waals surface area contributed by atoms with Crippen molar-refractivity contribution in [3.05, 3.63) is 76.2 Å². The van der Waals surface area contributed by atoms with Gasteiger partial charge in [0.2, 0.25) is 4.80 Å². The van der Waals surface area contributed by atoms with Crippen LogP contribution in [-0.4, -0.2) is 31.2 Å². The summed E-state index contributed by atoms with van der Waals surface area (Å²) in [5.41, 5.74) is 2.75. The zero-order valence-electron chi connectivity index (χ0n) is 13.8. The summed E-state index contributed by atoms with van der Waals surface area (Å²) in [6, 6.07) is 16.2. The summed E-state index contributed by atoms with van der Waals surface area (Å²) in [4.78, 5) is 5.31. The topological polar surface area (TPSA) is 38.9 Å². The van der Waals surface area contributed by atoms with Crippen LogP contribution in [0.15, 0.2) is 70.1 Å². The van der Waals surface area contributed by atoms with E-state index in [1.807, 2.05) is 35.7 Å². The van der Waals surface area contributed by atoms with Crippen LogP contribution in [0.25, 0.3) is 11.3 Å². The molecule has 0 saturated heterocycles. The summed E-state index contributed by atoms with van der Waals surface area (Å²) in [7, 11) is 1.65. The molecular weight excluding hydrogens is 337 g/mol. The summed E-state index contributed by atoms with van der Waals surface area (Å²) >= 11 is 1.49. The lowest BCUT2D eigenvalue weighted by molar-refractivity contribution is 0.207. The zero-order chi connectivity index (χ0) is 17.5. The van der Waals surface area contributed by atoms with Gasteiger partial charge in [-0.15, -0.1) is 11.3 Å². The standard InChI is InChI=1S/C19H18FN3OS/c1-24-12-11-21-19-23(22-13-15-5-3-2-4-6-15)18(14-25-19)16-7-9-17(20)10-8-16/h2-10,13-14H,11-12H2,1H3/b21-19?,22-13-. The van der Waals surface area contributed by atoms with Crippen LogP contribution in [-0.2, 0) is 4.74 Å². The van der Waals surface area contributed by atoms with Crippen molar-refractivity contribution < 1.29 is 9.13 Å². The number of thiazole rings is 1. The lowest BCUT2D eigenvalue weighted by Gasteiger charge is -2.03. The minimum atomic E-state index is -0.261. The third-order valence-corrected chi connectivity index (χ3v) is 4.34. The molecule has 0 atom stereocenters. The molecule has 3 aromatic rings. The second kappa shape index (κ2) is 8.50. The van der Waals surface area contributed by atoms with Crippen molar-refractivity contribution in [2.45, 2.75) is 0 Å². The molecule has 1 aromatic heterocycles. The van der Waals surface area contributed by atoms with Crippen LogP contribution >= 0.6 is 11.3 Å². The molecule has 6 heteroatoms. The molecule has 3 rings (SSSR count). The predicted octanol–water partition coefficient (Wildman–Crippen LogP) is 3.79. The Morgan fingerprint density at radius 3 is 2.60 bits per heavy atom. The molecule has 2 aromatic carbocycles. The summed E-state index contributed by atoms with van der Waals surface area (Å²) < 4.78 is 20.1. The maximum absolute atomic E-state index is 13.2. The predicted molar refractivity (Wildman–Crippen MR) is 99.4 cm³/mol. The van der Waals surface area contributed by atoms with E-state index in [0.29, 0.717) is 13.2 Å². The monoisotopic (exact) mass is 355 g/mol. The molecule has 4 nitrogen and oxygen atoms in total. The van der Waals surface area contributed by atoms with E-state index in [4.69, 9.17) is 4.74 Å². The largest absolute Gasteiger partial charge is 0.383 e. The Labute approximate surface area is 149 Å². The van der Waals surface area contributed by atoms with Crippen LogP contribution in [0, 0.1) is 5.82 Å². The van der Waals surface area contributed by atoms with E-state index in [9.17, 15) is 4.39 Å². The van der Waals surface area contributed by atoms with Crippen molar-refractivity contribution in [3.8, 4) is 11.3 Å². The van der Waals surface area contributed by atoms with Gasteiger partial charge < -0.3 is 4.74 Å². The first-order valence-electron chi connectivity index (χ1n) is 7.83. The fraction of sp³-hybridized carbons (Fsp3) is 0.158. The van der Waals surface area contributed by atoms with Gasteiger partial charge in [0.15, 0.2) is 0 Å². The number of rotatable bonds is 6. The highest BCUT2D eigenvalue weighted by Crippen LogP contribution is 2.20. The highest BCUT2D eigenvalue weighted by molar-refractivity contribution is 7.07. The second-order valence-corrected chi connectivity index (χ2v) is 6.09. The zero-order valence-corrected chi connectivity index (χ0v) is 14.6. The maximum atomic E-state index is 13.2. The molecule has 1 heterocycles. The maximum Gasteiger partial charge on any atom is 0.206 e. The van der Waals surface area contributed by atoms with E-state index in [1.54, 1.807) is 30.1 Å². The number of halogens is 1. The van der Waals surface area contributed by atoms with Gasteiger partial charge >= 0.3 is 0 Å². The molecule has 0 amide bonds.